The molecule has 0 aliphatic carbocycles. The summed E-state index contributed by atoms with van der Waals surface area (Å²) in [6, 6.07) is 0. The Morgan fingerprint density at radius 1 is 0.444 bits per heavy atom. The van der Waals surface area contributed by atoms with E-state index < -0.39 is 0 Å². The maximum absolute atomic E-state index is 7.91. The van der Waals surface area contributed by atoms with Crippen molar-refractivity contribution in [2.24, 2.45) is 0 Å². The smallest absolute Gasteiger partial charge is 0.0853 e. The van der Waals surface area contributed by atoms with Crippen molar-refractivity contribution in [2.75, 3.05) is 13.2 Å². The molecule has 0 unspecified atom stereocenters. The summed E-state index contributed by atoms with van der Waals surface area (Å²) >= 11 is 0. The van der Waals surface area contributed by atoms with Gasteiger partial charge >= 0.3 is 0 Å². The Hall–Kier alpha value is -0.240. The van der Waals surface area contributed by atoms with Crippen molar-refractivity contribution in [3.63, 3.8) is 0 Å². The van der Waals surface area contributed by atoms with E-state index >= 15 is 0 Å². The monoisotopic (exact) mass is 266 g/mol. The van der Waals surface area contributed by atoms with Crippen molar-refractivity contribution in [2.45, 2.75) is 64.2 Å². The second kappa shape index (κ2) is 16.8. The van der Waals surface area contributed by atoms with Crippen LogP contribution in [0.1, 0.15) is 64.2 Å². The number of rotatable bonds is 15. The Bertz CT molecular complexity index is 129. The fourth-order valence-corrected chi connectivity index (χ4v) is 1.81. The zero-order chi connectivity index (χ0) is 13.3. The first-order valence-corrected chi connectivity index (χ1v) is 6.78. The van der Waals surface area contributed by atoms with Crippen molar-refractivity contribution in [1.82, 2.24) is 0 Å². The van der Waals surface area contributed by atoms with Crippen LogP contribution in [0.4, 0.5) is 0 Å². The minimum absolute atomic E-state index is 0.454. The van der Waals surface area contributed by atoms with Crippen molar-refractivity contribution >= 4 is 0 Å². The van der Waals surface area contributed by atoms with Crippen molar-refractivity contribution in [3.05, 3.63) is 0 Å². The quantitative estimate of drug-likeness (QED) is 0.267. The summed E-state index contributed by atoms with van der Waals surface area (Å²) in [7, 11) is 0. The first kappa shape index (κ1) is 17.8. The third-order valence-electron chi connectivity index (χ3n) is 2.81. The van der Waals surface area contributed by atoms with E-state index in [1.165, 1.54) is 38.5 Å². The average molecular weight is 266 g/mol. The van der Waals surface area contributed by atoms with Crippen molar-refractivity contribution in [3.8, 4) is 0 Å². The van der Waals surface area contributed by atoms with Crippen LogP contribution >= 0.6 is 0 Å². The van der Waals surface area contributed by atoms with Crippen LogP contribution < -0.4 is 0 Å². The lowest BCUT2D eigenvalue weighted by Gasteiger charge is -2.02. The van der Waals surface area contributed by atoms with Gasteiger partial charge < -0.3 is 0 Å². The molecule has 0 heterocycles. The summed E-state index contributed by atoms with van der Waals surface area (Å²) < 4.78 is 0. The molecule has 0 spiro atoms. The van der Waals surface area contributed by atoms with Crippen LogP contribution in [0.25, 0.3) is 0 Å². The summed E-state index contributed by atoms with van der Waals surface area (Å²) in [5.74, 6) is 0. The number of hydrogen-bond acceptors (Lipinski definition) is 6. The predicted molar refractivity (Wildman–Crippen MR) is 65.5 cm³/mol. The van der Waals surface area contributed by atoms with Gasteiger partial charge in [-0.3, -0.25) is 0 Å². The van der Waals surface area contributed by atoms with Gasteiger partial charge in [-0.05, 0) is 12.8 Å². The molecule has 0 bridgehead atoms. The van der Waals surface area contributed by atoms with E-state index in [1.54, 1.807) is 0 Å². The molecule has 0 atom stereocenters. The summed E-state index contributed by atoms with van der Waals surface area (Å²) in [4.78, 5) is 8.71. The molecular weight excluding hydrogens is 240 g/mol. The first-order valence-electron chi connectivity index (χ1n) is 6.78. The maximum atomic E-state index is 7.91. The SMILES string of the molecule is OOOCCCCCCCCCCCCOOO. The molecule has 0 aromatic heterocycles. The van der Waals surface area contributed by atoms with Crippen LogP contribution in [0.15, 0.2) is 0 Å². The third kappa shape index (κ3) is 15.8. The van der Waals surface area contributed by atoms with E-state index in [1.807, 2.05) is 0 Å². The molecule has 0 rings (SSSR count). The molecule has 18 heavy (non-hydrogen) atoms. The molecule has 6 heteroatoms. The lowest BCUT2D eigenvalue weighted by molar-refractivity contribution is -0.490. The van der Waals surface area contributed by atoms with Crippen molar-refractivity contribution in [1.29, 1.82) is 0 Å². The van der Waals surface area contributed by atoms with Gasteiger partial charge in [0, 0.05) is 0 Å². The van der Waals surface area contributed by atoms with Gasteiger partial charge in [0.1, 0.15) is 0 Å². The van der Waals surface area contributed by atoms with Crippen LogP contribution in [0.3, 0.4) is 0 Å². The van der Waals surface area contributed by atoms with Crippen LogP contribution in [0.5, 0.6) is 0 Å². The van der Waals surface area contributed by atoms with Gasteiger partial charge in [-0.25, -0.2) is 20.3 Å². The van der Waals surface area contributed by atoms with Crippen LogP contribution in [0, 0.1) is 0 Å². The van der Waals surface area contributed by atoms with Gasteiger partial charge in [-0.1, -0.05) is 61.4 Å². The largest absolute Gasteiger partial charge is 0.221 e. The second-order valence-electron chi connectivity index (χ2n) is 4.33. The molecule has 0 saturated carbocycles. The fraction of sp³-hybridized carbons (Fsp3) is 1.00. The van der Waals surface area contributed by atoms with E-state index in [2.05, 4.69) is 19.9 Å². The molecule has 0 amide bonds. The Kier molecular flexibility index (Phi) is 16.5. The molecular formula is C12H26O6. The second-order valence-corrected chi connectivity index (χ2v) is 4.33. The van der Waals surface area contributed by atoms with Crippen LogP contribution in [0.2, 0.25) is 0 Å². The number of hydrogen-bond donors (Lipinski definition) is 2. The highest BCUT2D eigenvalue weighted by atomic mass is 17.5. The van der Waals surface area contributed by atoms with Gasteiger partial charge in [-0.2, -0.15) is 0 Å². The third-order valence-corrected chi connectivity index (χ3v) is 2.81. The molecule has 0 fully saturated rings. The van der Waals surface area contributed by atoms with Gasteiger partial charge in [0.05, 0.1) is 13.2 Å². The molecule has 0 radical (unpaired) electrons. The lowest BCUT2D eigenvalue weighted by Crippen LogP contribution is -1.93. The molecule has 0 aliphatic heterocycles. The van der Waals surface area contributed by atoms with Crippen LogP contribution in [-0.2, 0) is 19.9 Å². The highest BCUT2D eigenvalue weighted by Crippen LogP contribution is 2.10. The Morgan fingerprint density at radius 3 is 1.00 bits per heavy atom. The molecule has 0 aliphatic rings. The molecule has 110 valence electrons. The average Bonchev–Trinajstić information content (AvgIpc) is 2.39. The Labute approximate surface area is 109 Å². The van der Waals surface area contributed by atoms with E-state index in [9.17, 15) is 0 Å². The Balaban J connectivity index is 2.86. The summed E-state index contributed by atoms with van der Waals surface area (Å²) in [6.07, 6.45) is 11.5. The fourth-order valence-electron chi connectivity index (χ4n) is 1.81. The van der Waals surface area contributed by atoms with E-state index in [0.717, 1.165) is 25.7 Å². The van der Waals surface area contributed by atoms with E-state index in [4.69, 9.17) is 10.5 Å². The molecule has 0 aromatic rings. The minimum Gasteiger partial charge on any atom is -0.221 e. The van der Waals surface area contributed by atoms with Gasteiger partial charge in [0.25, 0.3) is 0 Å². The standard InChI is InChI=1S/C12H26O6/c13-17-15-11-9-7-5-3-1-2-4-6-8-10-12-16-18-14/h13-14H,1-12H2. The van der Waals surface area contributed by atoms with Gasteiger partial charge in [-0.15, -0.1) is 0 Å². The topological polar surface area (TPSA) is 77.4 Å². The van der Waals surface area contributed by atoms with Crippen molar-refractivity contribution < 1.29 is 30.4 Å². The Morgan fingerprint density at radius 2 is 0.722 bits per heavy atom. The lowest BCUT2D eigenvalue weighted by atomic mass is 10.1. The zero-order valence-electron chi connectivity index (χ0n) is 11.0. The highest BCUT2D eigenvalue weighted by Gasteiger charge is 1.94. The minimum atomic E-state index is 0.454. The van der Waals surface area contributed by atoms with E-state index in [0.29, 0.717) is 13.2 Å². The molecule has 6 nitrogen and oxygen atoms in total. The molecule has 2 N–H and O–H groups in total. The highest BCUT2D eigenvalue weighted by molar-refractivity contribution is 4.47. The van der Waals surface area contributed by atoms with E-state index in [-0.39, 0.29) is 0 Å². The number of unbranched alkanes of at least 4 members (excludes halogenated alkanes) is 9. The first-order chi connectivity index (χ1) is 8.91. The van der Waals surface area contributed by atoms with Gasteiger partial charge in [0.15, 0.2) is 0 Å². The summed E-state index contributed by atoms with van der Waals surface area (Å²) in [5.41, 5.74) is 0. The van der Waals surface area contributed by atoms with Gasteiger partial charge in [0.2, 0.25) is 0 Å². The predicted octanol–water partition coefficient (Wildman–Crippen LogP) is 3.73. The zero-order valence-corrected chi connectivity index (χ0v) is 11.0. The normalized spacial score (nSPS) is 11.0. The van der Waals surface area contributed by atoms with Crippen LogP contribution in [-0.4, -0.2) is 23.7 Å². The summed E-state index contributed by atoms with van der Waals surface area (Å²) in [6.45, 7) is 0.909. The maximum Gasteiger partial charge on any atom is 0.0853 e. The molecule has 0 saturated heterocycles. The molecule has 0 aromatic carbocycles. The summed E-state index contributed by atoms with van der Waals surface area (Å²) in [5, 5.41) is 22.9.